The van der Waals surface area contributed by atoms with Gasteiger partial charge in [-0.1, -0.05) is 5.16 Å². The largest absolute Gasteiger partial charge is 0.409 e. The third-order valence-electron chi connectivity index (χ3n) is 2.10. The van der Waals surface area contributed by atoms with E-state index in [-0.39, 0.29) is 22.8 Å². The third kappa shape index (κ3) is 3.74. The zero-order valence-electron chi connectivity index (χ0n) is 9.62. The summed E-state index contributed by atoms with van der Waals surface area (Å²) in [5.74, 6) is -0.572. The van der Waals surface area contributed by atoms with Gasteiger partial charge in [0.1, 0.15) is 0 Å². The molecule has 0 bridgehead atoms. The average Bonchev–Trinajstić information content (AvgIpc) is 2.34. The van der Waals surface area contributed by atoms with Crippen LogP contribution in [0.2, 0.25) is 0 Å². The van der Waals surface area contributed by atoms with Gasteiger partial charge in [-0.3, -0.25) is 4.79 Å². The van der Waals surface area contributed by atoms with Crippen molar-refractivity contribution in [3.05, 3.63) is 29.8 Å². The number of benzene rings is 1. The van der Waals surface area contributed by atoms with Crippen LogP contribution in [-0.4, -0.2) is 38.2 Å². The van der Waals surface area contributed by atoms with Gasteiger partial charge in [-0.05, 0) is 24.3 Å². The number of amides is 1. The van der Waals surface area contributed by atoms with Crippen molar-refractivity contribution in [2.45, 2.75) is 4.90 Å². The molecule has 1 amide bonds. The summed E-state index contributed by atoms with van der Waals surface area (Å²) in [6, 6.07) is 5.46. The second-order valence-electron chi connectivity index (χ2n) is 3.57. The molecule has 0 radical (unpaired) electrons. The third-order valence-corrected chi connectivity index (χ3v) is 3.23. The highest BCUT2D eigenvalue weighted by Crippen LogP contribution is 2.10. The number of rotatable bonds is 4. The Morgan fingerprint density at radius 3 is 2.39 bits per heavy atom. The molecule has 1 aromatic carbocycles. The smallest absolute Gasteiger partial charge is 0.251 e. The SMILES string of the molecule is CS(=O)(=O)c1ccc(C(=O)NC/C(N)=N/O)cc1. The van der Waals surface area contributed by atoms with Crippen molar-refractivity contribution in [1.82, 2.24) is 5.32 Å². The summed E-state index contributed by atoms with van der Waals surface area (Å²) in [6.45, 7) is -0.0941. The lowest BCUT2D eigenvalue weighted by Crippen LogP contribution is -2.33. The summed E-state index contributed by atoms with van der Waals surface area (Å²) in [5.41, 5.74) is 5.47. The van der Waals surface area contributed by atoms with Crippen molar-refractivity contribution >= 4 is 21.6 Å². The maximum absolute atomic E-state index is 11.6. The number of oxime groups is 1. The molecule has 7 nitrogen and oxygen atoms in total. The maximum atomic E-state index is 11.6. The van der Waals surface area contributed by atoms with E-state index < -0.39 is 15.7 Å². The van der Waals surface area contributed by atoms with Crippen LogP contribution in [-0.2, 0) is 9.84 Å². The normalized spacial score (nSPS) is 12.2. The van der Waals surface area contributed by atoms with Crippen LogP contribution in [0.4, 0.5) is 0 Å². The first-order valence-electron chi connectivity index (χ1n) is 4.89. The zero-order chi connectivity index (χ0) is 13.8. The number of hydrogen-bond donors (Lipinski definition) is 3. The molecular formula is C10H13N3O4S. The fraction of sp³-hybridized carbons (Fsp3) is 0.200. The number of carbonyl (C=O) groups excluding carboxylic acids is 1. The number of nitrogens with one attached hydrogen (secondary N) is 1. The average molecular weight is 271 g/mol. The van der Waals surface area contributed by atoms with E-state index in [2.05, 4.69) is 10.5 Å². The molecule has 0 unspecified atom stereocenters. The molecule has 0 heterocycles. The lowest BCUT2D eigenvalue weighted by molar-refractivity contribution is 0.0959. The van der Waals surface area contributed by atoms with E-state index in [1.54, 1.807) is 0 Å². The van der Waals surface area contributed by atoms with Gasteiger partial charge < -0.3 is 16.3 Å². The van der Waals surface area contributed by atoms with Gasteiger partial charge >= 0.3 is 0 Å². The Kier molecular flexibility index (Phi) is 4.27. The minimum absolute atomic E-state index is 0.0941. The maximum Gasteiger partial charge on any atom is 0.251 e. The van der Waals surface area contributed by atoms with Crippen molar-refractivity contribution in [3.8, 4) is 0 Å². The zero-order valence-corrected chi connectivity index (χ0v) is 10.4. The van der Waals surface area contributed by atoms with E-state index in [0.717, 1.165) is 6.26 Å². The molecule has 98 valence electrons. The van der Waals surface area contributed by atoms with Crippen LogP contribution in [0.5, 0.6) is 0 Å². The summed E-state index contributed by atoms with van der Waals surface area (Å²) >= 11 is 0. The molecule has 1 aromatic rings. The molecule has 1 rings (SSSR count). The first-order chi connectivity index (χ1) is 8.34. The number of nitrogens with two attached hydrogens (primary N) is 1. The lowest BCUT2D eigenvalue weighted by atomic mass is 10.2. The molecule has 0 aliphatic carbocycles. The van der Waals surface area contributed by atoms with Gasteiger partial charge in [-0.15, -0.1) is 0 Å². The molecular weight excluding hydrogens is 258 g/mol. The summed E-state index contributed by atoms with van der Waals surface area (Å²) < 4.78 is 22.4. The van der Waals surface area contributed by atoms with Gasteiger partial charge in [0.15, 0.2) is 15.7 Å². The number of sulfone groups is 1. The van der Waals surface area contributed by atoms with Crippen molar-refractivity contribution in [2.24, 2.45) is 10.9 Å². The molecule has 0 spiro atoms. The molecule has 0 saturated heterocycles. The number of hydrogen-bond acceptors (Lipinski definition) is 5. The monoisotopic (exact) mass is 271 g/mol. The van der Waals surface area contributed by atoms with Crippen molar-refractivity contribution in [2.75, 3.05) is 12.8 Å². The molecule has 8 heteroatoms. The van der Waals surface area contributed by atoms with Crippen molar-refractivity contribution in [3.63, 3.8) is 0 Å². The number of amidine groups is 1. The van der Waals surface area contributed by atoms with Crippen molar-refractivity contribution < 1.29 is 18.4 Å². The van der Waals surface area contributed by atoms with Crippen LogP contribution in [0, 0.1) is 0 Å². The quantitative estimate of drug-likeness (QED) is 0.297. The highest BCUT2D eigenvalue weighted by atomic mass is 32.2. The molecule has 0 aromatic heterocycles. The second-order valence-corrected chi connectivity index (χ2v) is 5.59. The van der Waals surface area contributed by atoms with E-state index in [0.29, 0.717) is 0 Å². The summed E-state index contributed by atoms with van der Waals surface area (Å²) in [4.78, 5) is 11.7. The molecule has 0 fully saturated rings. The van der Waals surface area contributed by atoms with Crippen LogP contribution in [0.1, 0.15) is 10.4 Å². The van der Waals surface area contributed by atoms with E-state index in [1.807, 2.05) is 0 Å². The molecule has 4 N–H and O–H groups in total. The number of carbonyl (C=O) groups is 1. The van der Waals surface area contributed by atoms with E-state index in [1.165, 1.54) is 24.3 Å². The van der Waals surface area contributed by atoms with Crippen molar-refractivity contribution in [1.29, 1.82) is 0 Å². The van der Waals surface area contributed by atoms with Gasteiger partial charge in [0.2, 0.25) is 0 Å². The van der Waals surface area contributed by atoms with Crippen LogP contribution >= 0.6 is 0 Å². The molecule has 0 saturated carbocycles. The molecule has 0 atom stereocenters. The summed E-state index contributed by atoms with van der Waals surface area (Å²) in [6.07, 6.45) is 1.08. The Balaban J connectivity index is 2.77. The van der Waals surface area contributed by atoms with Gasteiger partial charge in [-0.2, -0.15) is 0 Å². The van der Waals surface area contributed by atoms with Gasteiger partial charge in [0.05, 0.1) is 11.4 Å². The van der Waals surface area contributed by atoms with Gasteiger partial charge in [0, 0.05) is 11.8 Å². The lowest BCUT2D eigenvalue weighted by Gasteiger charge is -2.04. The second kappa shape index (κ2) is 5.50. The minimum atomic E-state index is -3.28. The molecule has 18 heavy (non-hydrogen) atoms. The Morgan fingerprint density at radius 2 is 1.94 bits per heavy atom. The minimum Gasteiger partial charge on any atom is -0.409 e. The van der Waals surface area contributed by atoms with Crippen LogP contribution in [0.25, 0.3) is 0 Å². The Morgan fingerprint density at radius 1 is 1.39 bits per heavy atom. The van der Waals surface area contributed by atoms with Crippen LogP contribution in [0.3, 0.4) is 0 Å². The summed E-state index contributed by atoms with van der Waals surface area (Å²) in [7, 11) is -3.28. The van der Waals surface area contributed by atoms with Crippen LogP contribution < -0.4 is 11.1 Å². The highest BCUT2D eigenvalue weighted by molar-refractivity contribution is 7.90. The summed E-state index contributed by atoms with van der Waals surface area (Å²) in [5, 5.41) is 13.4. The molecule has 0 aliphatic rings. The first kappa shape index (κ1) is 14.0. The Hall–Kier alpha value is -2.09. The number of nitrogens with zero attached hydrogens (tertiary/aromatic N) is 1. The molecule has 0 aliphatic heterocycles. The van der Waals surface area contributed by atoms with Crippen LogP contribution in [0.15, 0.2) is 34.3 Å². The predicted molar refractivity (Wildman–Crippen MR) is 65.3 cm³/mol. The first-order valence-corrected chi connectivity index (χ1v) is 6.78. The van der Waals surface area contributed by atoms with E-state index in [4.69, 9.17) is 10.9 Å². The predicted octanol–water partition coefficient (Wildman–Crippen LogP) is -0.434. The Labute approximate surface area is 104 Å². The van der Waals surface area contributed by atoms with Gasteiger partial charge in [-0.25, -0.2) is 8.42 Å². The Bertz CT molecular complexity index is 563. The fourth-order valence-corrected chi connectivity index (χ4v) is 1.79. The fourth-order valence-electron chi connectivity index (χ4n) is 1.16. The topological polar surface area (TPSA) is 122 Å². The standard InChI is InChI=1S/C10H13N3O4S/c1-18(16,17)8-4-2-7(3-5-8)10(14)12-6-9(11)13-15/h2-5,15H,6H2,1H3,(H2,11,13)(H,12,14). The van der Waals surface area contributed by atoms with Gasteiger partial charge in [0.25, 0.3) is 5.91 Å². The van der Waals surface area contributed by atoms with E-state index in [9.17, 15) is 13.2 Å². The highest BCUT2D eigenvalue weighted by Gasteiger charge is 2.09. The van der Waals surface area contributed by atoms with E-state index >= 15 is 0 Å².